The number of cyclic esters (lactones) is 1. The molecule has 3 amide bonds. The molecule has 0 saturated carbocycles. The van der Waals surface area contributed by atoms with Crippen LogP contribution in [-0.4, -0.2) is 82.9 Å². The zero-order valence-corrected chi connectivity index (χ0v) is 27.7. The van der Waals surface area contributed by atoms with Gasteiger partial charge in [-0.15, -0.1) is 0 Å². The van der Waals surface area contributed by atoms with Crippen molar-refractivity contribution in [1.29, 1.82) is 0 Å². The Labute approximate surface area is 271 Å². The molecule has 0 aliphatic carbocycles. The van der Waals surface area contributed by atoms with Crippen molar-refractivity contribution in [3.63, 3.8) is 0 Å². The number of hydrogen-bond acceptors (Lipinski definition) is 8. The van der Waals surface area contributed by atoms with Crippen molar-refractivity contribution in [1.82, 2.24) is 31.0 Å². The molecule has 4 heterocycles. The lowest BCUT2D eigenvalue weighted by atomic mass is 9.90. The van der Waals surface area contributed by atoms with Crippen molar-refractivity contribution in [2.24, 2.45) is 11.3 Å². The molecular formula is C35H48N6O5. The maximum absolute atomic E-state index is 14.0. The number of hydrogen-bond donors (Lipinski definition) is 3. The summed E-state index contributed by atoms with van der Waals surface area (Å²) in [7, 11) is 0. The zero-order valence-electron chi connectivity index (χ0n) is 27.7. The Bertz CT molecular complexity index is 1480. The lowest BCUT2D eigenvalue weighted by Gasteiger charge is -2.36. The van der Waals surface area contributed by atoms with Gasteiger partial charge in [-0.2, -0.15) is 0 Å². The Morgan fingerprint density at radius 2 is 1.80 bits per heavy atom. The summed E-state index contributed by atoms with van der Waals surface area (Å²) in [5.41, 5.74) is 5.13. The minimum atomic E-state index is -1.09. The first kappa shape index (κ1) is 33.5. The quantitative estimate of drug-likeness (QED) is 0.438. The van der Waals surface area contributed by atoms with Crippen molar-refractivity contribution >= 4 is 40.7 Å². The number of nitrogens with one attached hydrogen (secondary N) is 3. The van der Waals surface area contributed by atoms with Gasteiger partial charge in [-0.05, 0) is 61.6 Å². The molecule has 46 heavy (non-hydrogen) atoms. The van der Waals surface area contributed by atoms with E-state index in [2.05, 4.69) is 36.0 Å². The first-order valence-electron chi connectivity index (χ1n) is 16.6. The maximum atomic E-state index is 14.0. The molecule has 3 aliphatic heterocycles. The molecule has 0 radical (unpaired) electrons. The number of pyridine rings is 1. The summed E-state index contributed by atoms with van der Waals surface area (Å²) in [6.45, 7) is 12.0. The number of likely N-dealkylation sites (tertiary alicyclic amines) is 1. The van der Waals surface area contributed by atoms with Crippen LogP contribution in [0, 0.1) is 11.3 Å². The van der Waals surface area contributed by atoms with Crippen molar-refractivity contribution < 1.29 is 23.9 Å². The summed E-state index contributed by atoms with van der Waals surface area (Å²) >= 11 is 0. The van der Waals surface area contributed by atoms with Crippen LogP contribution < -0.4 is 16.1 Å². The fraction of sp³-hybridized carbons (Fsp3) is 0.571. The number of amides is 3. The van der Waals surface area contributed by atoms with E-state index in [9.17, 15) is 19.2 Å². The summed E-state index contributed by atoms with van der Waals surface area (Å²) in [4.78, 5) is 60.9. The van der Waals surface area contributed by atoms with Gasteiger partial charge < -0.3 is 20.3 Å². The second kappa shape index (κ2) is 14.3. The van der Waals surface area contributed by atoms with Crippen LogP contribution in [0.25, 0.3) is 17.0 Å². The Balaban J connectivity index is 1.47. The molecule has 5 rings (SSSR count). The first-order valence-corrected chi connectivity index (χ1v) is 16.6. The molecule has 11 nitrogen and oxygen atoms in total. The van der Waals surface area contributed by atoms with Gasteiger partial charge in [0.15, 0.2) is 0 Å². The van der Waals surface area contributed by atoms with Crippen LogP contribution in [0.15, 0.2) is 36.4 Å². The predicted octanol–water partition coefficient (Wildman–Crippen LogP) is 3.50. The maximum Gasteiger partial charge on any atom is 0.325 e. The van der Waals surface area contributed by atoms with Crippen LogP contribution in [-0.2, 0) is 23.9 Å². The van der Waals surface area contributed by atoms with E-state index in [-0.39, 0.29) is 29.6 Å². The highest BCUT2D eigenvalue weighted by atomic mass is 16.5. The number of hydrazine groups is 1. The van der Waals surface area contributed by atoms with E-state index in [0.29, 0.717) is 44.7 Å². The van der Waals surface area contributed by atoms with Crippen LogP contribution >= 0.6 is 0 Å². The molecule has 1 aromatic heterocycles. The van der Waals surface area contributed by atoms with Gasteiger partial charge in [0.2, 0.25) is 11.8 Å². The van der Waals surface area contributed by atoms with Gasteiger partial charge in [0.05, 0.1) is 23.7 Å². The third-order valence-corrected chi connectivity index (χ3v) is 9.09. The van der Waals surface area contributed by atoms with E-state index in [1.165, 1.54) is 5.01 Å². The minimum absolute atomic E-state index is 0.0820. The number of ether oxygens (including phenoxy) is 1. The predicted molar refractivity (Wildman–Crippen MR) is 176 cm³/mol. The van der Waals surface area contributed by atoms with Crippen LogP contribution in [0.3, 0.4) is 0 Å². The van der Waals surface area contributed by atoms with Gasteiger partial charge >= 0.3 is 5.97 Å². The molecule has 1 unspecified atom stereocenters. The number of nitrogens with zero attached hydrogens (tertiary/aromatic N) is 3. The molecule has 11 heteroatoms. The van der Waals surface area contributed by atoms with Crippen LogP contribution in [0.2, 0.25) is 0 Å². The Hall–Kier alpha value is -3.83. The average molecular weight is 633 g/mol. The van der Waals surface area contributed by atoms with Crippen LogP contribution in [0.1, 0.15) is 84.1 Å². The molecule has 5 bridgehead atoms. The van der Waals surface area contributed by atoms with Crippen LogP contribution in [0.4, 0.5) is 0 Å². The second-order valence-electron chi connectivity index (χ2n) is 13.9. The molecule has 2 fully saturated rings. The third kappa shape index (κ3) is 8.11. The van der Waals surface area contributed by atoms with E-state index >= 15 is 0 Å². The molecule has 2 aromatic rings. The number of esters is 1. The number of benzene rings is 1. The molecule has 248 valence electrons. The number of carbonyl (C=O) groups is 4. The summed E-state index contributed by atoms with van der Waals surface area (Å²) in [6, 6.07) is 7.45. The summed E-state index contributed by atoms with van der Waals surface area (Å²) < 4.78 is 5.84. The standard InChI is InChI=1S/C35H48N6O5/c1-22(2)31-32(43)38-29(20-30(42)40-16-6-7-17-40)33(44)41-18-8-9-27(39-41)34(45)46-23(3)26-13-12-25-11-10-24(19-28(25)37-26)14-15-35(4,5)21-36-31/h10-15,19,22-23,27,29,31,36,39H,6-9,16-18,20-21H2,1-5H3,(H,38,43)/b15-14+/t23-,27?,29+,31+/m1/s1. The molecular weight excluding hydrogens is 584 g/mol. The van der Waals surface area contributed by atoms with E-state index in [0.717, 1.165) is 29.3 Å². The number of aromatic nitrogens is 1. The highest BCUT2D eigenvalue weighted by Crippen LogP contribution is 2.24. The van der Waals surface area contributed by atoms with Gasteiger partial charge in [0.25, 0.3) is 5.91 Å². The second-order valence-corrected chi connectivity index (χ2v) is 13.9. The van der Waals surface area contributed by atoms with E-state index in [4.69, 9.17) is 9.72 Å². The van der Waals surface area contributed by atoms with Crippen molar-refractivity contribution in [3.05, 3.63) is 47.7 Å². The molecule has 3 aliphatic rings. The fourth-order valence-corrected chi connectivity index (χ4v) is 6.22. The molecule has 4 atom stereocenters. The van der Waals surface area contributed by atoms with Gasteiger partial charge in [-0.3, -0.25) is 24.2 Å². The van der Waals surface area contributed by atoms with Crippen LogP contribution in [0.5, 0.6) is 0 Å². The largest absolute Gasteiger partial charge is 0.455 e. The summed E-state index contributed by atoms with van der Waals surface area (Å²) in [5, 5.41) is 8.69. The van der Waals surface area contributed by atoms with E-state index in [1.54, 1.807) is 11.8 Å². The monoisotopic (exact) mass is 632 g/mol. The molecule has 3 N–H and O–H groups in total. The number of carbonyl (C=O) groups excluding carboxylic acids is 4. The van der Waals surface area contributed by atoms with Gasteiger partial charge in [0.1, 0.15) is 18.2 Å². The Kier molecular flexibility index (Phi) is 10.4. The lowest BCUT2D eigenvalue weighted by molar-refractivity contribution is -0.157. The Morgan fingerprint density at radius 1 is 1.07 bits per heavy atom. The Morgan fingerprint density at radius 3 is 2.54 bits per heavy atom. The third-order valence-electron chi connectivity index (χ3n) is 9.09. The minimum Gasteiger partial charge on any atom is -0.455 e. The topological polar surface area (TPSA) is 133 Å². The molecule has 2 saturated heterocycles. The van der Waals surface area contributed by atoms with Gasteiger partial charge in [0, 0.05) is 31.6 Å². The summed E-state index contributed by atoms with van der Waals surface area (Å²) in [5.74, 6) is -1.53. The normalized spacial score (nSPS) is 27.0. The highest BCUT2D eigenvalue weighted by molar-refractivity contribution is 5.93. The highest BCUT2D eigenvalue weighted by Gasteiger charge is 2.37. The average Bonchev–Trinajstić information content (AvgIpc) is 3.58. The SMILES string of the molecule is CC(C)[C@@H]1NCC(C)(C)/C=C/c2ccc3ccc(nc3c2)[C@@H](C)OC(=O)C2CCCN(N2)C(=O)[C@H](CC(=O)N2CCCC2)NC1=O. The van der Waals surface area contributed by atoms with Crippen molar-refractivity contribution in [3.8, 4) is 0 Å². The van der Waals surface area contributed by atoms with Crippen molar-refractivity contribution in [2.75, 3.05) is 26.2 Å². The molecule has 0 spiro atoms. The lowest BCUT2D eigenvalue weighted by Crippen LogP contribution is -2.62. The molecule has 1 aromatic carbocycles. The summed E-state index contributed by atoms with van der Waals surface area (Å²) in [6.07, 6.45) is 6.27. The van der Waals surface area contributed by atoms with E-state index < -0.39 is 36.1 Å². The fourth-order valence-electron chi connectivity index (χ4n) is 6.22. The number of rotatable bonds is 3. The smallest absolute Gasteiger partial charge is 0.325 e. The van der Waals surface area contributed by atoms with Gasteiger partial charge in [-0.1, -0.05) is 58.0 Å². The van der Waals surface area contributed by atoms with Crippen molar-refractivity contribution in [2.45, 2.75) is 91.0 Å². The first-order chi connectivity index (χ1) is 21.9. The zero-order chi connectivity index (χ0) is 33.0. The number of fused-ring (bicyclic) bond motifs is 4. The van der Waals surface area contributed by atoms with E-state index in [1.807, 2.05) is 50.3 Å². The van der Waals surface area contributed by atoms with Gasteiger partial charge in [-0.25, -0.2) is 10.4 Å².